The molecule has 130 valence electrons. The van der Waals surface area contributed by atoms with Gasteiger partial charge in [0.05, 0.1) is 27.5 Å². The molecule has 0 amide bonds. The van der Waals surface area contributed by atoms with Gasteiger partial charge in [-0.2, -0.15) is 5.10 Å². The average Bonchev–Trinajstić information content (AvgIpc) is 3.11. The van der Waals surface area contributed by atoms with E-state index in [-0.39, 0.29) is 11.9 Å². The molecule has 0 saturated heterocycles. The summed E-state index contributed by atoms with van der Waals surface area (Å²) in [7, 11) is 0. The van der Waals surface area contributed by atoms with Crippen LogP contribution in [0.4, 0.5) is 10.1 Å². The van der Waals surface area contributed by atoms with Crippen LogP contribution in [0.15, 0.2) is 77.9 Å². The first-order valence-electron chi connectivity index (χ1n) is 8.24. The molecule has 1 aliphatic rings. The monoisotopic (exact) mass is 384 g/mol. The summed E-state index contributed by atoms with van der Waals surface area (Å²) in [5.74, 6) is -0.256. The first kappa shape index (κ1) is 17.1. The Hall–Kier alpha value is -2.36. The molecule has 1 aliphatic heterocycles. The van der Waals surface area contributed by atoms with Crippen molar-refractivity contribution in [2.75, 3.05) is 5.01 Å². The number of nitrogens with zero attached hydrogens (tertiary/aromatic N) is 2. The lowest BCUT2D eigenvalue weighted by atomic mass is 9.98. The average molecular weight is 385 g/mol. The SMILES string of the molecule is Fc1ccc(C2=NN(c3ccc(Cl)c(Cl)c3)C(c3ccccc3)C2)cc1. The van der Waals surface area contributed by atoms with E-state index >= 15 is 0 Å². The van der Waals surface area contributed by atoms with Gasteiger partial charge in [-0.15, -0.1) is 0 Å². The predicted octanol–water partition coefficient (Wildman–Crippen LogP) is 6.49. The van der Waals surface area contributed by atoms with Crippen molar-refractivity contribution >= 4 is 34.6 Å². The zero-order valence-electron chi connectivity index (χ0n) is 13.7. The number of rotatable bonds is 3. The highest BCUT2D eigenvalue weighted by Gasteiger charge is 2.30. The van der Waals surface area contributed by atoms with Gasteiger partial charge in [0.25, 0.3) is 0 Å². The number of halogens is 3. The summed E-state index contributed by atoms with van der Waals surface area (Å²) in [5, 5.41) is 7.76. The molecule has 0 saturated carbocycles. The van der Waals surface area contributed by atoms with E-state index in [4.69, 9.17) is 28.3 Å². The summed E-state index contributed by atoms with van der Waals surface area (Å²) < 4.78 is 13.3. The van der Waals surface area contributed by atoms with Crippen molar-refractivity contribution in [2.45, 2.75) is 12.5 Å². The molecule has 0 N–H and O–H groups in total. The Balaban J connectivity index is 1.76. The molecule has 3 aromatic rings. The third kappa shape index (κ3) is 3.33. The highest BCUT2D eigenvalue weighted by Crippen LogP contribution is 2.38. The van der Waals surface area contributed by atoms with E-state index in [1.165, 1.54) is 12.1 Å². The molecule has 0 radical (unpaired) electrons. The Morgan fingerprint density at radius 2 is 1.62 bits per heavy atom. The van der Waals surface area contributed by atoms with Crippen molar-refractivity contribution in [3.05, 3.63) is 99.8 Å². The Bertz CT molecular complexity index is 956. The number of benzene rings is 3. The molecule has 0 aliphatic carbocycles. The molecule has 0 spiro atoms. The predicted molar refractivity (Wildman–Crippen MR) is 106 cm³/mol. The summed E-state index contributed by atoms with van der Waals surface area (Å²) >= 11 is 12.3. The molecule has 26 heavy (non-hydrogen) atoms. The second-order valence-electron chi connectivity index (χ2n) is 6.13. The van der Waals surface area contributed by atoms with Crippen molar-refractivity contribution < 1.29 is 4.39 Å². The molecule has 0 bridgehead atoms. The first-order chi connectivity index (χ1) is 12.6. The van der Waals surface area contributed by atoms with Crippen LogP contribution in [0.1, 0.15) is 23.6 Å². The molecule has 3 aromatic carbocycles. The van der Waals surface area contributed by atoms with Gasteiger partial charge in [-0.1, -0.05) is 65.7 Å². The van der Waals surface area contributed by atoms with Gasteiger partial charge in [0.15, 0.2) is 0 Å². The molecule has 1 unspecified atom stereocenters. The third-order valence-electron chi connectivity index (χ3n) is 4.44. The number of anilines is 1. The van der Waals surface area contributed by atoms with E-state index in [1.54, 1.807) is 18.2 Å². The standard InChI is InChI=1S/C21H15Cl2FN2/c22-18-11-10-17(12-19(18)23)26-21(15-4-2-1-3-5-15)13-20(25-26)14-6-8-16(24)9-7-14/h1-12,21H,13H2. The molecule has 5 heteroatoms. The van der Waals surface area contributed by atoms with Gasteiger partial charge in [-0.3, -0.25) is 5.01 Å². The van der Waals surface area contributed by atoms with Crippen molar-refractivity contribution in [1.82, 2.24) is 0 Å². The largest absolute Gasteiger partial charge is 0.257 e. The second kappa shape index (κ2) is 7.10. The van der Waals surface area contributed by atoms with Crippen molar-refractivity contribution in [2.24, 2.45) is 5.10 Å². The Kier molecular flexibility index (Phi) is 4.66. The van der Waals surface area contributed by atoms with Gasteiger partial charge in [0.2, 0.25) is 0 Å². The van der Waals surface area contributed by atoms with Crippen LogP contribution < -0.4 is 5.01 Å². The van der Waals surface area contributed by atoms with E-state index < -0.39 is 0 Å². The molecule has 0 aromatic heterocycles. The first-order valence-corrected chi connectivity index (χ1v) is 9.00. The Labute approximate surface area is 161 Å². The fourth-order valence-electron chi connectivity index (χ4n) is 3.13. The van der Waals surface area contributed by atoms with Crippen LogP contribution in [0, 0.1) is 5.82 Å². The molecular formula is C21H15Cl2FN2. The topological polar surface area (TPSA) is 15.6 Å². The second-order valence-corrected chi connectivity index (χ2v) is 6.94. The Morgan fingerprint density at radius 1 is 0.885 bits per heavy atom. The highest BCUT2D eigenvalue weighted by atomic mass is 35.5. The third-order valence-corrected chi connectivity index (χ3v) is 5.18. The zero-order chi connectivity index (χ0) is 18.1. The molecule has 1 heterocycles. The number of hydrogen-bond acceptors (Lipinski definition) is 2. The fourth-order valence-corrected chi connectivity index (χ4v) is 3.42. The minimum Gasteiger partial charge on any atom is -0.257 e. The normalized spacial score (nSPS) is 16.7. The molecule has 1 atom stereocenters. The number of hydrogen-bond donors (Lipinski definition) is 0. The minimum absolute atomic E-state index is 0.0356. The summed E-state index contributed by atoms with van der Waals surface area (Å²) in [5.41, 5.74) is 3.84. The van der Waals surface area contributed by atoms with Crippen molar-refractivity contribution in [1.29, 1.82) is 0 Å². The summed E-state index contributed by atoms with van der Waals surface area (Å²) in [6.45, 7) is 0. The van der Waals surface area contributed by atoms with E-state index in [0.717, 1.165) is 28.9 Å². The van der Waals surface area contributed by atoms with E-state index in [2.05, 4.69) is 12.1 Å². The van der Waals surface area contributed by atoms with Gasteiger partial charge >= 0.3 is 0 Å². The van der Waals surface area contributed by atoms with Crippen LogP contribution in [0.25, 0.3) is 0 Å². The van der Waals surface area contributed by atoms with Gasteiger partial charge in [0.1, 0.15) is 5.82 Å². The van der Waals surface area contributed by atoms with Crippen LogP contribution >= 0.6 is 23.2 Å². The van der Waals surface area contributed by atoms with Gasteiger partial charge < -0.3 is 0 Å². The quantitative estimate of drug-likeness (QED) is 0.503. The van der Waals surface area contributed by atoms with Gasteiger partial charge in [-0.05, 0) is 41.5 Å². The highest BCUT2D eigenvalue weighted by molar-refractivity contribution is 6.42. The number of hydrazone groups is 1. The summed E-state index contributed by atoms with van der Waals surface area (Å²) in [6.07, 6.45) is 0.718. The lowest BCUT2D eigenvalue weighted by Crippen LogP contribution is -2.18. The summed E-state index contributed by atoms with van der Waals surface area (Å²) in [6, 6.07) is 22.1. The fraction of sp³-hybridized carbons (Fsp3) is 0.0952. The maximum absolute atomic E-state index is 13.3. The lowest BCUT2D eigenvalue weighted by Gasteiger charge is -2.24. The van der Waals surface area contributed by atoms with E-state index in [0.29, 0.717) is 10.0 Å². The smallest absolute Gasteiger partial charge is 0.123 e. The lowest BCUT2D eigenvalue weighted by molar-refractivity contribution is 0.627. The van der Waals surface area contributed by atoms with Gasteiger partial charge in [-0.25, -0.2) is 4.39 Å². The zero-order valence-corrected chi connectivity index (χ0v) is 15.3. The van der Waals surface area contributed by atoms with Crippen molar-refractivity contribution in [3.8, 4) is 0 Å². The van der Waals surface area contributed by atoms with E-state index in [1.807, 2.05) is 35.3 Å². The van der Waals surface area contributed by atoms with Crippen LogP contribution in [0.3, 0.4) is 0 Å². The minimum atomic E-state index is -0.256. The maximum atomic E-state index is 13.3. The van der Waals surface area contributed by atoms with Crippen LogP contribution in [0.5, 0.6) is 0 Å². The summed E-state index contributed by atoms with van der Waals surface area (Å²) in [4.78, 5) is 0. The molecule has 4 rings (SSSR count). The van der Waals surface area contributed by atoms with Gasteiger partial charge in [0, 0.05) is 6.42 Å². The maximum Gasteiger partial charge on any atom is 0.123 e. The van der Waals surface area contributed by atoms with Crippen molar-refractivity contribution in [3.63, 3.8) is 0 Å². The molecule has 2 nitrogen and oxygen atoms in total. The Morgan fingerprint density at radius 3 is 2.31 bits per heavy atom. The van der Waals surface area contributed by atoms with Crippen LogP contribution in [0.2, 0.25) is 10.0 Å². The van der Waals surface area contributed by atoms with Crippen LogP contribution in [-0.4, -0.2) is 5.71 Å². The molecule has 0 fully saturated rings. The van der Waals surface area contributed by atoms with E-state index in [9.17, 15) is 4.39 Å². The van der Waals surface area contributed by atoms with Crippen LogP contribution in [-0.2, 0) is 0 Å². The molecular weight excluding hydrogens is 370 g/mol.